The van der Waals surface area contributed by atoms with Gasteiger partial charge in [-0.15, -0.1) is 6.58 Å². The van der Waals surface area contributed by atoms with E-state index in [9.17, 15) is 0 Å². The van der Waals surface area contributed by atoms with E-state index in [-0.39, 0.29) is 0 Å². The summed E-state index contributed by atoms with van der Waals surface area (Å²) in [4.78, 5) is 0. The molecule has 1 atom stereocenters. The largest absolute Gasteiger partial charge is 0.103 e. The number of benzene rings is 1. The second kappa shape index (κ2) is 4.69. The molecule has 0 nitrogen and oxygen atoms in total. The van der Waals surface area contributed by atoms with Crippen LogP contribution in [0, 0.1) is 5.92 Å². The highest BCUT2D eigenvalue weighted by atomic mass is 35.5. The molecule has 0 spiro atoms. The quantitative estimate of drug-likeness (QED) is 0.657. The van der Waals surface area contributed by atoms with Crippen molar-refractivity contribution < 1.29 is 0 Å². The number of hydrogen-bond donors (Lipinski definition) is 0. The minimum Gasteiger partial charge on any atom is -0.103 e. The van der Waals surface area contributed by atoms with Crippen molar-refractivity contribution in [3.05, 3.63) is 46.5 Å². The standard InChI is InChI=1S/C11H12Cl2/c1-3-8(2)6-9-4-5-10(12)11(13)7-9/h3-5,7-8H,1,6H2,2H3. The molecule has 1 unspecified atom stereocenters. The highest BCUT2D eigenvalue weighted by Gasteiger charge is 2.02. The number of allylic oxidation sites excluding steroid dienone is 1. The number of rotatable bonds is 3. The Morgan fingerprint density at radius 3 is 2.62 bits per heavy atom. The first-order valence-electron chi connectivity index (χ1n) is 4.20. The molecule has 1 aromatic carbocycles. The van der Waals surface area contributed by atoms with E-state index < -0.39 is 0 Å². The normalized spacial score (nSPS) is 12.5. The second-order valence-electron chi connectivity index (χ2n) is 3.17. The predicted octanol–water partition coefficient (Wildman–Crippen LogP) is 4.36. The van der Waals surface area contributed by atoms with Crippen molar-refractivity contribution in [3.63, 3.8) is 0 Å². The molecule has 0 aliphatic rings. The molecule has 0 saturated carbocycles. The van der Waals surface area contributed by atoms with Gasteiger partial charge in [0.2, 0.25) is 0 Å². The average molecular weight is 215 g/mol. The fourth-order valence-electron chi connectivity index (χ4n) is 1.12. The summed E-state index contributed by atoms with van der Waals surface area (Å²) in [5.74, 6) is 0.470. The molecule has 70 valence electrons. The van der Waals surface area contributed by atoms with Crippen LogP contribution in [0.3, 0.4) is 0 Å². The Labute approximate surface area is 89.2 Å². The third-order valence-electron chi connectivity index (χ3n) is 1.94. The Morgan fingerprint density at radius 2 is 2.08 bits per heavy atom. The molecule has 0 amide bonds. The summed E-state index contributed by atoms with van der Waals surface area (Å²) < 4.78 is 0. The van der Waals surface area contributed by atoms with Crippen LogP contribution in [0.4, 0.5) is 0 Å². The molecule has 1 aromatic rings. The van der Waals surface area contributed by atoms with Crippen LogP contribution < -0.4 is 0 Å². The Morgan fingerprint density at radius 1 is 1.38 bits per heavy atom. The topological polar surface area (TPSA) is 0 Å². The number of hydrogen-bond acceptors (Lipinski definition) is 0. The van der Waals surface area contributed by atoms with Crippen LogP contribution >= 0.6 is 23.2 Å². The van der Waals surface area contributed by atoms with Crippen molar-refractivity contribution in [1.29, 1.82) is 0 Å². The zero-order chi connectivity index (χ0) is 9.84. The third-order valence-corrected chi connectivity index (χ3v) is 2.68. The van der Waals surface area contributed by atoms with E-state index in [1.165, 1.54) is 5.56 Å². The Kier molecular flexibility index (Phi) is 3.83. The smallest absolute Gasteiger partial charge is 0.0595 e. The first-order valence-corrected chi connectivity index (χ1v) is 4.95. The first-order chi connectivity index (χ1) is 6.13. The van der Waals surface area contributed by atoms with E-state index >= 15 is 0 Å². The van der Waals surface area contributed by atoms with Crippen molar-refractivity contribution in [2.45, 2.75) is 13.3 Å². The van der Waals surface area contributed by atoms with E-state index in [4.69, 9.17) is 23.2 Å². The van der Waals surface area contributed by atoms with Crippen molar-refractivity contribution in [3.8, 4) is 0 Å². The van der Waals surface area contributed by atoms with Gasteiger partial charge in [-0.05, 0) is 30.0 Å². The van der Waals surface area contributed by atoms with E-state index in [0.29, 0.717) is 16.0 Å². The molecule has 0 radical (unpaired) electrons. The van der Waals surface area contributed by atoms with E-state index in [1.54, 1.807) is 0 Å². The van der Waals surface area contributed by atoms with Crippen LogP contribution in [-0.2, 0) is 6.42 Å². The fraction of sp³-hybridized carbons (Fsp3) is 0.273. The molecule has 0 fully saturated rings. The molecule has 0 heterocycles. The number of halogens is 2. The molecule has 0 aliphatic heterocycles. The van der Waals surface area contributed by atoms with Crippen LogP contribution in [0.25, 0.3) is 0 Å². The molecule has 0 bridgehead atoms. The summed E-state index contributed by atoms with van der Waals surface area (Å²) in [6.07, 6.45) is 2.89. The Bertz CT molecular complexity index is 305. The van der Waals surface area contributed by atoms with E-state index in [2.05, 4.69) is 13.5 Å². The second-order valence-corrected chi connectivity index (χ2v) is 3.98. The van der Waals surface area contributed by atoms with Crippen molar-refractivity contribution in [2.75, 3.05) is 0 Å². The lowest BCUT2D eigenvalue weighted by atomic mass is 10.0. The van der Waals surface area contributed by atoms with Crippen LogP contribution in [0.2, 0.25) is 10.0 Å². The molecular formula is C11H12Cl2. The summed E-state index contributed by atoms with van der Waals surface area (Å²) in [5, 5.41) is 1.23. The summed E-state index contributed by atoms with van der Waals surface area (Å²) in [6, 6.07) is 5.73. The van der Waals surface area contributed by atoms with Gasteiger partial charge in [-0.25, -0.2) is 0 Å². The van der Waals surface area contributed by atoms with E-state index in [0.717, 1.165) is 6.42 Å². The van der Waals surface area contributed by atoms with Crippen molar-refractivity contribution >= 4 is 23.2 Å². The first kappa shape index (κ1) is 10.6. The van der Waals surface area contributed by atoms with Crippen LogP contribution in [0.1, 0.15) is 12.5 Å². The zero-order valence-electron chi connectivity index (χ0n) is 7.56. The fourth-order valence-corrected chi connectivity index (χ4v) is 1.44. The Hall–Kier alpha value is -0.460. The van der Waals surface area contributed by atoms with Gasteiger partial charge in [0.1, 0.15) is 0 Å². The van der Waals surface area contributed by atoms with Gasteiger partial charge in [-0.1, -0.05) is 42.3 Å². The summed E-state index contributed by atoms with van der Waals surface area (Å²) in [7, 11) is 0. The Balaban J connectivity index is 2.79. The molecule has 0 N–H and O–H groups in total. The van der Waals surface area contributed by atoms with Crippen LogP contribution in [0.15, 0.2) is 30.9 Å². The van der Waals surface area contributed by atoms with Gasteiger partial charge in [-0.2, -0.15) is 0 Å². The van der Waals surface area contributed by atoms with E-state index in [1.807, 2.05) is 24.3 Å². The lowest BCUT2D eigenvalue weighted by Gasteiger charge is -2.06. The zero-order valence-corrected chi connectivity index (χ0v) is 9.07. The molecule has 0 aliphatic carbocycles. The highest BCUT2D eigenvalue weighted by molar-refractivity contribution is 6.42. The van der Waals surface area contributed by atoms with Crippen molar-refractivity contribution in [2.24, 2.45) is 5.92 Å². The monoisotopic (exact) mass is 214 g/mol. The molecule has 1 rings (SSSR count). The van der Waals surface area contributed by atoms with Gasteiger partial charge in [0, 0.05) is 0 Å². The minimum absolute atomic E-state index is 0.470. The van der Waals surface area contributed by atoms with Gasteiger partial charge in [0.25, 0.3) is 0 Å². The minimum atomic E-state index is 0.470. The highest BCUT2D eigenvalue weighted by Crippen LogP contribution is 2.23. The molecule has 0 aromatic heterocycles. The average Bonchev–Trinajstić information content (AvgIpc) is 2.11. The maximum Gasteiger partial charge on any atom is 0.0595 e. The summed E-state index contributed by atoms with van der Waals surface area (Å²) >= 11 is 11.7. The van der Waals surface area contributed by atoms with Gasteiger partial charge < -0.3 is 0 Å². The lowest BCUT2D eigenvalue weighted by Crippen LogP contribution is -1.94. The SMILES string of the molecule is C=CC(C)Cc1ccc(Cl)c(Cl)c1. The molecule has 0 saturated heterocycles. The predicted molar refractivity (Wildman–Crippen MR) is 59.5 cm³/mol. The van der Waals surface area contributed by atoms with Gasteiger partial charge in [-0.3, -0.25) is 0 Å². The van der Waals surface area contributed by atoms with Gasteiger partial charge in [0.05, 0.1) is 10.0 Å². The molecular weight excluding hydrogens is 203 g/mol. The maximum atomic E-state index is 5.88. The third kappa shape index (κ3) is 3.06. The molecule has 2 heteroatoms. The van der Waals surface area contributed by atoms with Gasteiger partial charge in [0.15, 0.2) is 0 Å². The molecule has 13 heavy (non-hydrogen) atoms. The van der Waals surface area contributed by atoms with Gasteiger partial charge >= 0.3 is 0 Å². The summed E-state index contributed by atoms with van der Waals surface area (Å²) in [5.41, 5.74) is 1.20. The lowest BCUT2D eigenvalue weighted by molar-refractivity contribution is 0.725. The summed E-state index contributed by atoms with van der Waals surface area (Å²) in [6.45, 7) is 5.86. The maximum absolute atomic E-state index is 5.88. The van der Waals surface area contributed by atoms with Crippen LogP contribution in [-0.4, -0.2) is 0 Å². The van der Waals surface area contributed by atoms with Crippen LogP contribution in [0.5, 0.6) is 0 Å². The van der Waals surface area contributed by atoms with Crippen molar-refractivity contribution in [1.82, 2.24) is 0 Å².